The Kier molecular flexibility index (Phi) is 4.56. The van der Waals surface area contributed by atoms with Crippen molar-refractivity contribution >= 4 is 12.0 Å². The van der Waals surface area contributed by atoms with E-state index in [0.717, 1.165) is 0 Å². The maximum Gasteiger partial charge on any atom is 0.336 e. The highest BCUT2D eigenvalue weighted by molar-refractivity contribution is 5.88. The normalized spacial score (nSPS) is 12.9. The van der Waals surface area contributed by atoms with Crippen LogP contribution in [0.5, 0.6) is 28.7 Å². The third-order valence-corrected chi connectivity index (χ3v) is 3.35. The molecule has 1 aliphatic rings. The van der Waals surface area contributed by atoms with E-state index in [0.29, 0.717) is 41.8 Å². The monoisotopic (exact) mass is 328 g/mol. The van der Waals surface area contributed by atoms with Gasteiger partial charge in [-0.15, -0.1) is 0 Å². The van der Waals surface area contributed by atoms with Gasteiger partial charge in [0.2, 0.25) is 0 Å². The maximum atomic E-state index is 11.9. The topological polar surface area (TPSA) is 74.2 Å². The highest BCUT2D eigenvalue weighted by Gasteiger charge is 2.13. The molecule has 3 rings (SSSR count). The Hall–Kier alpha value is -3.15. The second-order valence-electron chi connectivity index (χ2n) is 4.99. The molecule has 0 aliphatic carbocycles. The van der Waals surface area contributed by atoms with Crippen LogP contribution in [-0.2, 0) is 4.79 Å². The van der Waals surface area contributed by atoms with Crippen LogP contribution < -0.4 is 18.9 Å². The molecule has 0 radical (unpaired) electrons. The summed E-state index contributed by atoms with van der Waals surface area (Å²) in [4.78, 5) is 11.9. The predicted octanol–water partition coefficient (Wildman–Crippen LogP) is 2.79. The summed E-state index contributed by atoms with van der Waals surface area (Å²) in [5, 5.41) is 9.54. The van der Waals surface area contributed by atoms with Gasteiger partial charge in [-0.2, -0.15) is 0 Å². The Morgan fingerprint density at radius 2 is 1.92 bits per heavy atom. The molecule has 6 nitrogen and oxygen atoms in total. The van der Waals surface area contributed by atoms with Gasteiger partial charge in [0.15, 0.2) is 23.0 Å². The first kappa shape index (κ1) is 15.7. The zero-order valence-electron chi connectivity index (χ0n) is 13.0. The van der Waals surface area contributed by atoms with E-state index in [1.165, 1.54) is 19.3 Å². The Bertz CT molecular complexity index is 781. The van der Waals surface area contributed by atoms with Gasteiger partial charge in [-0.25, -0.2) is 4.79 Å². The molecule has 0 atom stereocenters. The van der Waals surface area contributed by atoms with Crippen LogP contribution in [0.1, 0.15) is 5.56 Å². The predicted molar refractivity (Wildman–Crippen MR) is 86.8 cm³/mol. The highest BCUT2D eigenvalue weighted by atomic mass is 16.6. The fraction of sp³-hybridized carbons (Fsp3) is 0.167. The van der Waals surface area contributed by atoms with Gasteiger partial charge in [0, 0.05) is 12.1 Å². The third kappa shape index (κ3) is 3.60. The third-order valence-electron chi connectivity index (χ3n) is 3.35. The van der Waals surface area contributed by atoms with E-state index in [2.05, 4.69) is 0 Å². The van der Waals surface area contributed by atoms with Crippen LogP contribution >= 0.6 is 0 Å². The van der Waals surface area contributed by atoms with Crippen molar-refractivity contribution in [2.24, 2.45) is 0 Å². The molecule has 1 heterocycles. The number of phenolic OH excluding ortho intramolecular Hbond substituents is 1. The van der Waals surface area contributed by atoms with Crippen LogP contribution in [0.4, 0.5) is 0 Å². The summed E-state index contributed by atoms with van der Waals surface area (Å²) in [6.45, 7) is 0.970. The summed E-state index contributed by atoms with van der Waals surface area (Å²) < 4.78 is 21.1. The Labute approximate surface area is 138 Å². The largest absolute Gasteiger partial charge is 0.504 e. The summed E-state index contributed by atoms with van der Waals surface area (Å²) in [5.74, 6) is 1.40. The number of carbonyl (C=O) groups excluding carboxylic acids is 1. The molecule has 0 amide bonds. The van der Waals surface area contributed by atoms with E-state index in [1.807, 2.05) is 0 Å². The molecule has 24 heavy (non-hydrogen) atoms. The lowest BCUT2D eigenvalue weighted by molar-refractivity contribution is -0.128. The molecule has 0 fully saturated rings. The average molecular weight is 328 g/mol. The van der Waals surface area contributed by atoms with Gasteiger partial charge >= 0.3 is 5.97 Å². The number of methoxy groups -OCH3 is 1. The molecule has 1 N–H and O–H groups in total. The molecule has 2 aromatic carbocycles. The molecular weight excluding hydrogens is 312 g/mol. The van der Waals surface area contributed by atoms with Crippen molar-refractivity contribution in [3.05, 3.63) is 48.0 Å². The number of carbonyl (C=O) groups is 1. The number of hydrogen-bond donors (Lipinski definition) is 1. The quantitative estimate of drug-likeness (QED) is 0.528. The van der Waals surface area contributed by atoms with Crippen molar-refractivity contribution in [2.75, 3.05) is 20.3 Å². The number of ether oxygens (including phenoxy) is 4. The van der Waals surface area contributed by atoms with Crippen LogP contribution in [-0.4, -0.2) is 31.4 Å². The first-order valence-electron chi connectivity index (χ1n) is 7.32. The number of rotatable bonds is 4. The molecule has 0 spiro atoms. The SMILES string of the molecule is COc1cc(C=CC(=O)Oc2ccc3c(c2)OCCO3)ccc1O. The Morgan fingerprint density at radius 3 is 2.71 bits per heavy atom. The number of aromatic hydroxyl groups is 1. The molecule has 1 aliphatic heterocycles. The van der Waals surface area contributed by atoms with Crippen LogP contribution in [0, 0.1) is 0 Å². The van der Waals surface area contributed by atoms with Crippen LogP contribution in [0.3, 0.4) is 0 Å². The molecular formula is C18H16O6. The smallest absolute Gasteiger partial charge is 0.336 e. The van der Waals surface area contributed by atoms with Crippen LogP contribution in [0.2, 0.25) is 0 Å². The second-order valence-corrected chi connectivity index (χ2v) is 4.99. The number of esters is 1. The number of benzene rings is 2. The minimum Gasteiger partial charge on any atom is -0.504 e. The van der Waals surface area contributed by atoms with E-state index in [1.54, 1.807) is 36.4 Å². The van der Waals surface area contributed by atoms with Gasteiger partial charge in [0.1, 0.15) is 19.0 Å². The molecule has 2 aromatic rings. The summed E-state index contributed by atoms with van der Waals surface area (Å²) in [6, 6.07) is 9.72. The van der Waals surface area contributed by atoms with Crippen LogP contribution in [0.15, 0.2) is 42.5 Å². The van der Waals surface area contributed by atoms with Gasteiger partial charge in [-0.05, 0) is 35.9 Å². The van der Waals surface area contributed by atoms with Crippen molar-refractivity contribution in [3.63, 3.8) is 0 Å². The van der Waals surface area contributed by atoms with Crippen molar-refractivity contribution in [1.29, 1.82) is 0 Å². The van der Waals surface area contributed by atoms with Crippen molar-refractivity contribution in [2.45, 2.75) is 0 Å². The average Bonchev–Trinajstić information content (AvgIpc) is 2.61. The molecule has 6 heteroatoms. The first-order valence-corrected chi connectivity index (χ1v) is 7.32. The Morgan fingerprint density at radius 1 is 1.12 bits per heavy atom. The molecule has 124 valence electrons. The fourth-order valence-corrected chi connectivity index (χ4v) is 2.20. The van der Waals surface area contributed by atoms with E-state index in [4.69, 9.17) is 18.9 Å². The lowest BCUT2D eigenvalue weighted by Crippen LogP contribution is -2.15. The molecule has 0 saturated carbocycles. The fourth-order valence-electron chi connectivity index (χ4n) is 2.20. The minimum absolute atomic E-state index is 0.0357. The van der Waals surface area contributed by atoms with E-state index >= 15 is 0 Å². The number of fused-ring (bicyclic) bond motifs is 1. The van der Waals surface area contributed by atoms with Crippen molar-refractivity contribution in [3.8, 4) is 28.7 Å². The van der Waals surface area contributed by atoms with Crippen LogP contribution in [0.25, 0.3) is 6.08 Å². The molecule has 0 unspecified atom stereocenters. The zero-order valence-corrected chi connectivity index (χ0v) is 13.0. The maximum absolute atomic E-state index is 11.9. The minimum atomic E-state index is -0.529. The van der Waals surface area contributed by atoms with Gasteiger partial charge in [-0.1, -0.05) is 6.07 Å². The second kappa shape index (κ2) is 6.95. The van der Waals surface area contributed by atoms with Gasteiger partial charge in [0.25, 0.3) is 0 Å². The lowest BCUT2D eigenvalue weighted by atomic mass is 10.2. The summed E-state index contributed by atoms with van der Waals surface area (Å²) in [6.07, 6.45) is 2.87. The molecule has 0 aromatic heterocycles. The van der Waals surface area contributed by atoms with E-state index in [9.17, 15) is 9.90 Å². The van der Waals surface area contributed by atoms with Gasteiger partial charge in [0.05, 0.1) is 7.11 Å². The highest BCUT2D eigenvalue weighted by Crippen LogP contribution is 2.33. The summed E-state index contributed by atoms with van der Waals surface area (Å²) >= 11 is 0. The van der Waals surface area contributed by atoms with Crippen molar-refractivity contribution in [1.82, 2.24) is 0 Å². The van der Waals surface area contributed by atoms with Gasteiger partial charge < -0.3 is 24.1 Å². The summed E-state index contributed by atoms with van der Waals surface area (Å²) in [7, 11) is 1.46. The molecule has 0 bridgehead atoms. The zero-order chi connectivity index (χ0) is 16.9. The lowest BCUT2D eigenvalue weighted by Gasteiger charge is -2.18. The first-order chi connectivity index (χ1) is 11.7. The van der Waals surface area contributed by atoms with Crippen molar-refractivity contribution < 1.29 is 28.8 Å². The molecule has 0 saturated heterocycles. The van der Waals surface area contributed by atoms with E-state index < -0.39 is 5.97 Å². The van der Waals surface area contributed by atoms with E-state index in [-0.39, 0.29) is 5.75 Å². The number of hydrogen-bond acceptors (Lipinski definition) is 6. The summed E-state index contributed by atoms with van der Waals surface area (Å²) in [5.41, 5.74) is 0.698. The Balaban J connectivity index is 1.67. The standard InChI is InChI=1S/C18H16O6/c1-21-16-10-12(2-5-14(16)19)3-7-18(20)24-13-4-6-15-17(11-13)23-9-8-22-15/h2-7,10-11,19H,8-9H2,1H3. The number of phenols is 1. The van der Waals surface area contributed by atoms with Gasteiger partial charge in [-0.3, -0.25) is 0 Å².